The van der Waals surface area contributed by atoms with Gasteiger partial charge in [-0.2, -0.15) is 18.3 Å². The van der Waals surface area contributed by atoms with Gasteiger partial charge in [-0.3, -0.25) is 0 Å². The van der Waals surface area contributed by atoms with E-state index in [0.29, 0.717) is 5.52 Å². The Morgan fingerprint density at radius 2 is 2.18 bits per heavy atom. The number of aromatic nitrogens is 3. The molecule has 2 aromatic rings. The molecule has 0 bridgehead atoms. The number of hydrogen-bond acceptors (Lipinski definition) is 4. The average molecular weight is 246 g/mol. The third-order valence-corrected chi connectivity index (χ3v) is 2.17. The smallest absolute Gasteiger partial charge is 0.382 e. The van der Waals surface area contributed by atoms with Crippen molar-refractivity contribution in [1.82, 2.24) is 14.6 Å². The summed E-state index contributed by atoms with van der Waals surface area (Å²) < 4.78 is 37.7. The maximum absolute atomic E-state index is 12.1. The summed E-state index contributed by atoms with van der Waals surface area (Å²) in [4.78, 5) is 3.88. The zero-order valence-corrected chi connectivity index (χ0v) is 8.52. The summed E-state index contributed by atoms with van der Waals surface area (Å²) in [5, 5.41) is 15.2. The minimum Gasteiger partial charge on any atom is -0.382 e. The fourth-order valence-corrected chi connectivity index (χ4v) is 1.30. The molecule has 2 rings (SSSR count). The Labute approximate surface area is 93.9 Å². The van der Waals surface area contributed by atoms with Crippen molar-refractivity contribution < 1.29 is 18.3 Å². The van der Waals surface area contributed by atoms with Crippen molar-refractivity contribution in [3.63, 3.8) is 0 Å². The number of nitrogens with one attached hydrogen (secondary N) is 1. The first-order chi connectivity index (χ1) is 7.98. The molecule has 17 heavy (non-hydrogen) atoms. The predicted octanol–water partition coefficient (Wildman–Crippen LogP) is 1.06. The van der Waals surface area contributed by atoms with Gasteiger partial charge in [-0.05, 0) is 6.07 Å². The van der Waals surface area contributed by atoms with Gasteiger partial charge in [0.25, 0.3) is 0 Å². The number of halogens is 3. The van der Waals surface area contributed by atoms with Crippen molar-refractivity contribution in [1.29, 1.82) is 0 Å². The van der Waals surface area contributed by atoms with E-state index in [0.717, 1.165) is 0 Å². The number of aliphatic hydroxyl groups is 1. The van der Waals surface area contributed by atoms with E-state index in [1.165, 1.54) is 16.9 Å². The summed E-state index contributed by atoms with van der Waals surface area (Å²) in [6.07, 6.45) is -2.59. The predicted molar refractivity (Wildman–Crippen MR) is 53.5 cm³/mol. The average Bonchev–Trinajstić information content (AvgIpc) is 2.72. The van der Waals surface area contributed by atoms with Gasteiger partial charge >= 0.3 is 6.18 Å². The Kier molecular flexibility index (Phi) is 2.88. The molecule has 0 fully saturated rings. The van der Waals surface area contributed by atoms with E-state index in [1.54, 1.807) is 12.3 Å². The Morgan fingerprint density at radius 1 is 1.41 bits per heavy atom. The van der Waals surface area contributed by atoms with Crippen LogP contribution in [0.15, 0.2) is 24.7 Å². The number of aliphatic hydroxyl groups excluding tert-OH is 1. The molecule has 2 heterocycles. The van der Waals surface area contributed by atoms with Crippen LogP contribution in [0.5, 0.6) is 0 Å². The molecule has 5 nitrogen and oxygen atoms in total. The second kappa shape index (κ2) is 4.21. The summed E-state index contributed by atoms with van der Waals surface area (Å²) >= 11 is 0. The molecule has 0 radical (unpaired) electrons. The first-order valence-electron chi connectivity index (χ1n) is 4.75. The lowest BCUT2D eigenvalue weighted by Crippen LogP contribution is -2.35. The Balaban J connectivity index is 2.12. The fourth-order valence-electron chi connectivity index (χ4n) is 1.30. The SMILES string of the molecule is OC(CNc1nccn2nccc12)C(F)(F)F. The zero-order chi connectivity index (χ0) is 12.5. The second-order valence-electron chi connectivity index (χ2n) is 3.38. The van der Waals surface area contributed by atoms with Crippen LogP contribution in [0.25, 0.3) is 5.52 Å². The highest BCUT2D eigenvalue weighted by Crippen LogP contribution is 2.20. The van der Waals surface area contributed by atoms with Gasteiger partial charge in [-0.15, -0.1) is 0 Å². The molecule has 0 amide bonds. The van der Waals surface area contributed by atoms with Gasteiger partial charge in [0.1, 0.15) is 5.52 Å². The highest BCUT2D eigenvalue weighted by atomic mass is 19.4. The van der Waals surface area contributed by atoms with Crippen LogP contribution in [0.2, 0.25) is 0 Å². The normalized spacial score (nSPS) is 13.9. The summed E-state index contributed by atoms with van der Waals surface area (Å²) in [7, 11) is 0. The van der Waals surface area contributed by atoms with E-state index in [4.69, 9.17) is 5.11 Å². The molecule has 0 saturated carbocycles. The van der Waals surface area contributed by atoms with Crippen LogP contribution < -0.4 is 5.32 Å². The van der Waals surface area contributed by atoms with Crippen LogP contribution in [0.1, 0.15) is 0 Å². The van der Waals surface area contributed by atoms with Crippen LogP contribution >= 0.6 is 0 Å². The lowest BCUT2D eigenvalue weighted by Gasteiger charge is -2.15. The second-order valence-corrected chi connectivity index (χ2v) is 3.38. The van der Waals surface area contributed by atoms with Crippen molar-refractivity contribution in [3.8, 4) is 0 Å². The van der Waals surface area contributed by atoms with Gasteiger partial charge in [-0.25, -0.2) is 9.50 Å². The van der Waals surface area contributed by atoms with E-state index in [-0.39, 0.29) is 5.82 Å². The number of fused-ring (bicyclic) bond motifs is 1. The van der Waals surface area contributed by atoms with Crippen LogP contribution in [0, 0.1) is 0 Å². The summed E-state index contributed by atoms with van der Waals surface area (Å²) in [6.45, 7) is -0.651. The van der Waals surface area contributed by atoms with Crippen molar-refractivity contribution in [2.45, 2.75) is 12.3 Å². The molecular weight excluding hydrogens is 237 g/mol. The number of rotatable bonds is 3. The molecule has 0 aromatic carbocycles. The van der Waals surface area contributed by atoms with Crippen LogP contribution in [0.3, 0.4) is 0 Å². The minimum absolute atomic E-state index is 0.244. The third kappa shape index (κ3) is 2.47. The number of alkyl halides is 3. The van der Waals surface area contributed by atoms with Crippen molar-refractivity contribution in [2.75, 3.05) is 11.9 Å². The molecule has 0 spiro atoms. The van der Waals surface area contributed by atoms with Crippen LogP contribution in [0.4, 0.5) is 19.0 Å². The molecule has 0 aliphatic rings. The molecule has 0 saturated heterocycles. The zero-order valence-electron chi connectivity index (χ0n) is 8.52. The van der Waals surface area contributed by atoms with Crippen molar-refractivity contribution in [2.24, 2.45) is 0 Å². The molecule has 92 valence electrons. The molecule has 2 N–H and O–H groups in total. The first kappa shape index (κ1) is 11.6. The maximum Gasteiger partial charge on any atom is 0.416 e. The van der Waals surface area contributed by atoms with Gasteiger partial charge in [0.05, 0.1) is 12.7 Å². The number of anilines is 1. The molecule has 2 aromatic heterocycles. The quantitative estimate of drug-likeness (QED) is 0.850. The highest BCUT2D eigenvalue weighted by molar-refractivity contribution is 5.66. The number of hydrogen-bond donors (Lipinski definition) is 2. The molecule has 1 atom stereocenters. The van der Waals surface area contributed by atoms with Gasteiger partial charge in [-0.1, -0.05) is 0 Å². The van der Waals surface area contributed by atoms with Gasteiger partial charge in [0, 0.05) is 12.4 Å². The van der Waals surface area contributed by atoms with E-state index < -0.39 is 18.8 Å². The van der Waals surface area contributed by atoms with Crippen molar-refractivity contribution >= 4 is 11.3 Å². The third-order valence-electron chi connectivity index (χ3n) is 2.17. The molecule has 0 aliphatic carbocycles. The number of nitrogens with zero attached hydrogens (tertiary/aromatic N) is 3. The molecule has 8 heteroatoms. The van der Waals surface area contributed by atoms with E-state index in [2.05, 4.69) is 15.4 Å². The van der Waals surface area contributed by atoms with Gasteiger partial charge in [0.2, 0.25) is 0 Å². The van der Waals surface area contributed by atoms with Crippen LogP contribution in [-0.4, -0.2) is 38.5 Å². The summed E-state index contributed by atoms with van der Waals surface area (Å²) in [6, 6.07) is 1.61. The largest absolute Gasteiger partial charge is 0.416 e. The standard InChI is InChI=1S/C9H9F3N4O/c10-9(11,12)7(17)5-14-8-6-1-2-15-16(6)4-3-13-8/h1-4,7,17H,5H2,(H,13,14). The van der Waals surface area contributed by atoms with E-state index >= 15 is 0 Å². The van der Waals surface area contributed by atoms with E-state index in [9.17, 15) is 13.2 Å². The monoisotopic (exact) mass is 246 g/mol. The molecule has 0 aliphatic heterocycles. The highest BCUT2D eigenvalue weighted by Gasteiger charge is 2.37. The Bertz CT molecular complexity index is 510. The minimum atomic E-state index is -4.64. The van der Waals surface area contributed by atoms with Crippen molar-refractivity contribution in [3.05, 3.63) is 24.7 Å². The van der Waals surface area contributed by atoms with Gasteiger partial charge < -0.3 is 10.4 Å². The topological polar surface area (TPSA) is 62.5 Å². The fraction of sp³-hybridized carbons (Fsp3) is 0.333. The Hall–Kier alpha value is -1.83. The molecule has 1 unspecified atom stereocenters. The lowest BCUT2D eigenvalue weighted by molar-refractivity contribution is -0.198. The summed E-state index contributed by atoms with van der Waals surface area (Å²) in [5.74, 6) is 0.244. The van der Waals surface area contributed by atoms with Gasteiger partial charge in [0.15, 0.2) is 11.9 Å². The molecular formula is C9H9F3N4O. The van der Waals surface area contributed by atoms with E-state index in [1.807, 2.05) is 0 Å². The lowest BCUT2D eigenvalue weighted by atomic mass is 10.3. The van der Waals surface area contributed by atoms with Crippen LogP contribution in [-0.2, 0) is 0 Å². The first-order valence-corrected chi connectivity index (χ1v) is 4.75. The Morgan fingerprint density at radius 3 is 2.88 bits per heavy atom. The summed E-state index contributed by atoms with van der Waals surface area (Å²) in [5.41, 5.74) is 0.543. The maximum atomic E-state index is 12.1.